The highest BCUT2D eigenvalue weighted by Gasteiger charge is 2.13. The third kappa shape index (κ3) is 3.89. The normalized spacial score (nSPS) is 11.4. The number of nitrogens with one attached hydrogen (secondary N) is 4. The lowest BCUT2D eigenvalue weighted by Crippen LogP contribution is -2.04. The third-order valence-electron chi connectivity index (χ3n) is 4.32. The number of H-pyrrole nitrogens is 3. The lowest BCUT2D eigenvalue weighted by atomic mass is 10.3. The maximum atomic E-state index is 10.4. The minimum Gasteiger partial charge on any atom is -0.503 e. The van der Waals surface area contributed by atoms with Gasteiger partial charge >= 0.3 is 0 Å². The number of hydrogen-bond donors (Lipinski definition) is 6. The summed E-state index contributed by atoms with van der Waals surface area (Å²) in [6, 6.07) is 0. The van der Waals surface area contributed by atoms with Crippen molar-refractivity contribution in [1.29, 1.82) is 0 Å². The van der Waals surface area contributed by atoms with E-state index in [1.54, 1.807) is 12.4 Å². The molecule has 0 fully saturated rings. The summed E-state index contributed by atoms with van der Waals surface area (Å²) in [6.07, 6.45) is 7.42. The summed E-state index contributed by atoms with van der Waals surface area (Å²) < 4.78 is 0.280. The first-order valence-corrected chi connectivity index (χ1v) is 9.78. The van der Waals surface area contributed by atoms with Crippen LogP contribution in [0.2, 0.25) is 0 Å². The molecule has 0 saturated carbocycles. The average molecular weight is 466 g/mol. The topological polar surface area (TPSA) is 164 Å². The maximum Gasteiger partial charge on any atom is 0.201 e. The van der Waals surface area contributed by atoms with Gasteiger partial charge < -0.3 is 30.5 Å². The van der Waals surface area contributed by atoms with Gasteiger partial charge in [0.1, 0.15) is 12.1 Å². The molecule has 0 atom stereocenters. The van der Waals surface area contributed by atoms with Crippen LogP contribution in [0.1, 0.15) is 11.4 Å². The number of fused-ring (bicyclic) bond motifs is 1. The standard InChI is InChI=1S/C19H15N9O2S2/c1-3-10-12(29)16(27-18(31)23-10)25-14-8-5-20-6-9(8)15(22-7-21-14)26-17-13(30)11(4-2)24-19(32)28-17/h3-7,20,29-30H,1-2H2,(H3,21,22,23,24,25,26,27,28,31,32). The Morgan fingerprint density at radius 1 is 0.906 bits per heavy atom. The zero-order valence-corrected chi connectivity index (χ0v) is 17.9. The number of hydrogen-bond acceptors (Lipinski definition) is 10. The number of aromatic nitrogens is 7. The van der Waals surface area contributed by atoms with Crippen LogP contribution in [0.5, 0.6) is 11.5 Å². The van der Waals surface area contributed by atoms with E-state index in [1.807, 2.05) is 0 Å². The average Bonchev–Trinajstić information content (AvgIpc) is 3.20. The Hall–Kier alpha value is -4.23. The molecule has 0 aliphatic heterocycles. The van der Waals surface area contributed by atoms with Crippen LogP contribution >= 0.6 is 24.4 Å². The molecule has 0 aromatic carbocycles. The summed E-state index contributed by atoms with van der Waals surface area (Å²) in [5, 5.41) is 24.9. The van der Waals surface area contributed by atoms with E-state index in [0.29, 0.717) is 22.3 Å². The van der Waals surface area contributed by atoms with Gasteiger partial charge in [-0.1, -0.05) is 13.2 Å². The second-order valence-corrected chi connectivity index (χ2v) is 7.03. The molecule has 6 N–H and O–H groups in total. The Balaban J connectivity index is 1.91. The molecule has 4 aromatic heterocycles. The maximum absolute atomic E-state index is 10.4. The molecule has 160 valence electrons. The van der Waals surface area contributed by atoms with Gasteiger partial charge in [0.2, 0.25) is 5.82 Å². The second kappa shape index (κ2) is 8.49. The Bertz CT molecular complexity index is 1570. The molecule has 4 heterocycles. The van der Waals surface area contributed by atoms with Crippen LogP contribution < -0.4 is 10.8 Å². The SMILES string of the molecule is C=Cc1[nH]c(=S)nc(N=c2ncnc(Nc3nc(=S)[nH]c(C=C)c3O)c3c[nH]cc23)c1O. The van der Waals surface area contributed by atoms with E-state index in [-0.39, 0.29) is 43.9 Å². The van der Waals surface area contributed by atoms with Crippen LogP contribution in [-0.4, -0.2) is 45.1 Å². The molecule has 0 amide bonds. The van der Waals surface area contributed by atoms with Gasteiger partial charge in [-0.3, -0.25) is 0 Å². The van der Waals surface area contributed by atoms with Crippen LogP contribution in [0, 0.1) is 9.54 Å². The van der Waals surface area contributed by atoms with E-state index >= 15 is 0 Å². The van der Waals surface area contributed by atoms with Crippen molar-refractivity contribution in [3.05, 3.63) is 58.3 Å². The van der Waals surface area contributed by atoms with Gasteiger partial charge in [-0.25, -0.2) is 15.0 Å². The fourth-order valence-electron chi connectivity index (χ4n) is 2.84. The molecule has 11 nitrogen and oxygen atoms in total. The van der Waals surface area contributed by atoms with Crippen LogP contribution in [0.25, 0.3) is 22.9 Å². The van der Waals surface area contributed by atoms with Crippen molar-refractivity contribution >= 4 is 64.8 Å². The molecule has 0 unspecified atom stereocenters. The van der Waals surface area contributed by atoms with Crippen molar-refractivity contribution in [1.82, 2.24) is 34.9 Å². The van der Waals surface area contributed by atoms with Gasteiger partial charge in [-0.15, -0.1) is 0 Å². The molecule has 13 heteroatoms. The van der Waals surface area contributed by atoms with E-state index in [2.05, 4.69) is 58.4 Å². The van der Waals surface area contributed by atoms with E-state index in [4.69, 9.17) is 24.4 Å². The summed E-state index contributed by atoms with van der Waals surface area (Å²) in [4.78, 5) is 29.5. The van der Waals surface area contributed by atoms with Gasteiger partial charge in [0.15, 0.2) is 32.3 Å². The number of anilines is 2. The minimum atomic E-state index is -0.221. The lowest BCUT2D eigenvalue weighted by molar-refractivity contribution is 0.469. The van der Waals surface area contributed by atoms with Crippen LogP contribution in [-0.2, 0) is 0 Å². The van der Waals surface area contributed by atoms with Crippen LogP contribution in [0.15, 0.2) is 36.9 Å². The molecule has 4 aromatic rings. The van der Waals surface area contributed by atoms with Gasteiger partial charge in [0.25, 0.3) is 0 Å². The second-order valence-electron chi connectivity index (χ2n) is 6.25. The molecule has 32 heavy (non-hydrogen) atoms. The zero-order valence-electron chi connectivity index (χ0n) is 16.2. The van der Waals surface area contributed by atoms with Crippen molar-refractivity contribution in [2.75, 3.05) is 5.32 Å². The quantitative estimate of drug-likeness (QED) is 0.242. The Kier molecular flexibility index (Phi) is 5.57. The number of nitrogens with zero attached hydrogens (tertiary/aromatic N) is 5. The highest BCUT2D eigenvalue weighted by Crippen LogP contribution is 2.29. The largest absolute Gasteiger partial charge is 0.503 e. The molecule has 0 saturated heterocycles. The van der Waals surface area contributed by atoms with Crippen LogP contribution in [0.3, 0.4) is 0 Å². The first-order valence-electron chi connectivity index (χ1n) is 8.96. The van der Waals surface area contributed by atoms with E-state index in [9.17, 15) is 10.2 Å². The Morgan fingerprint density at radius 2 is 1.56 bits per heavy atom. The summed E-state index contributed by atoms with van der Waals surface area (Å²) in [5.74, 6) is -0.00581. The smallest absolute Gasteiger partial charge is 0.201 e. The van der Waals surface area contributed by atoms with Gasteiger partial charge in [0.05, 0.1) is 11.4 Å². The fraction of sp³-hybridized carbons (Fsp3) is 0. The van der Waals surface area contributed by atoms with Crippen LogP contribution in [0.4, 0.5) is 17.5 Å². The fourth-order valence-corrected chi connectivity index (χ4v) is 3.24. The zero-order chi connectivity index (χ0) is 22.8. The molecule has 4 rings (SSSR count). The minimum absolute atomic E-state index is 0.0244. The van der Waals surface area contributed by atoms with Gasteiger partial charge in [0, 0.05) is 23.2 Å². The molecular weight excluding hydrogens is 450 g/mol. The Morgan fingerprint density at radius 3 is 2.28 bits per heavy atom. The molecule has 0 aliphatic rings. The molecule has 0 aliphatic carbocycles. The summed E-state index contributed by atoms with van der Waals surface area (Å²) >= 11 is 10.2. The van der Waals surface area contributed by atoms with Crippen molar-refractivity contribution in [2.45, 2.75) is 0 Å². The van der Waals surface area contributed by atoms with Crippen molar-refractivity contribution < 1.29 is 10.2 Å². The van der Waals surface area contributed by atoms with E-state index in [1.165, 1.54) is 18.5 Å². The third-order valence-corrected chi connectivity index (χ3v) is 4.70. The molecule has 0 bridgehead atoms. The predicted octanol–water partition coefficient (Wildman–Crippen LogP) is 3.54. The summed E-state index contributed by atoms with van der Waals surface area (Å²) in [6.45, 7) is 7.25. The lowest BCUT2D eigenvalue weighted by Gasteiger charge is -2.08. The summed E-state index contributed by atoms with van der Waals surface area (Å²) in [5.41, 5.74) is 0.816. The molecule has 0 spiro atoms. The first-order chi connectivity index (χ1) is 15.4. The van der Waals surface area contributed by atoms with E-state index in [0.717, 1.165) is 0 Å². The highest BCUT2D eigenvalue weighted by molar-refractivity contribution is 7.71. The van der Waals surface area contributed by atoms with Gasteiger partial charge in [-0.2, -0.15) is 9.97 Å². The molecule has 0 radical (unpaired) electrons. The van der Waals surface area contributed by atoms with Crippen molar-refractivity contribution in [2.24, 2.45) is 4.99 Å². The first kappa shape index (κ1) is 21.0. The summed E-state index contributed by atoms with van der Waals surface area (Å²) in [7, 11) is 0. The molecular formula is C19H15N9O2S2. The highest BCUT2D eigenvalue weighted by atomic mass is 32.1. The number of aromatic amines is 3. The Labute approximate surface area is 190 Å². The number of aromatic hydroxyl groups is 2. The predicted molar refractivity (Wildman–Crippen MR) is 125 cm³/mol. The van der Waals surface area contributed by atoms with Gasteiger partial charge in [-0.05, 0) is 36.6 Å². The number of rotatable bonds is 5. The monoisotopic (exact) mass is 465 g/mol. The van der Waals surface area contributed by atoms with E-state index < -0.39 is 0 Å². The van der Waals surface area contributed by atoms with Crippen molar-refractivity contribution in [3.63, 3.8) is 0 Å². The van der Waals surface area contributed by atoms with Crippen molar-refractivity contribution in [3.8, 4) is 11.5 Å².